The number of nitrogens with zero attached hydrogens (tertiary/aromatic N) is 2. The number of ether oxygens (including phenoxy) is 1. The first-order valence-electron chi connectivity index (χ1n) is 11.5. The molecule has 6 nitrogen and oxygen atoms in total. The standard InChI is InChI=1S/C27H27N3O3/c31-26(29-23-9-10-23)21-5-3-19(4-6-21)17-30(24-11-12-24)27(32)22-7-13-25(14-8-22)33-18-20-2-1-15-28-16-20/h1-8,13-16,23-24H,9-12,17-18H2,(H,29,31). The summed E-state index contributed by atoms with van der Waals surface area (Å²) in [6.07, 6.45) is 7.70. The minimum Gasteiger partial charge on any atom is -0.489 e. The van der Waals surface area contributed by atoms with E-state index in [1.165, 1.54) is 0 Å². The van der Waals surface area contributed by atoms with Gasteiger partial charge in [-0.3, -0.25) is 14.6 Å². The smallest absolute Gasteiger partial charge is 0.254 e. The summed E-state index contributed by atoms with van der Waals surface area (Å²) in [4.78, 5) is 31.5. The summed E-state index contributed by atoms with van der Waals surface area (Å²) in [5.41, 5.74) is 3.33. The van der Waals surface area contributed by atoms with Crippen molar-refractivity contribution in [3.8, 4) is 5.75 Å². The van der Waals surface area contributed by atoms with Crippen LogP contribution in [-0.4, -0.2) is 33.8 Å². The molecule has 1 N–H and O–H groups in total. The molecule has 0 saturated heterocycles. The highest BCUT2D eigenvalue weighted by Gasteiger charge is 2.33. The first kappa shape index (κ1) is 21.2. The quantitative estimate of drug-likeness (QED) is 0.536. The van der Waals surface area contributed by atoms with E-state index < -0.39 is 0 Å². The first-order valence-corrected chi connectivity index (χ1v) is 11.5. The van der Waals surface area contributed by atoms with Crippen LogP contribution in [0.25, 0.3) is 0 Å². The van der Waals surface area contributed by atoms with Crippen LogP contribution in [0.15, 0.2) is 73.1 Å². The third-order valence-electron chi connectivity index (χ3n) is 5.96. The highest BCUT2D eigenvalue weighted by atomic mass is 16.5. The Labute approximate surface area is 193 Å². The summed E-state index contributed by atoms with van der Waals surface area (Å²) in [5, 5.41) is 3.00. The van der Waals surface area contributed by atoms with Crippen LogP contribution in [0.4, 0.5) is 0 Å². The highest BCUT2D eigenvalue weighted by Crippen LogP contribution is 2.30. The van der Waals surface area contributed by atoms with Gasteiger partial charge in [-0.25, -0.2) is 0 Å². The Balaban J connectivity index is 1.21. The zero-order valence-corrected chi connectivity index (χ0v) is 18.4. The number of amides is 2. The summed E-state index contributed by atoms with van der Waals surface area (Å²) in [6, 6.07) is 19.3. The fourth-order valence-corrected chi connectivity index (χ4v) is 3.72. The maximum absolute atomic E-state index is 13.2. The van der Waals surface area contributed by atoms with Gasteiger partial charge in [-0.1, -0.05) is 18.2 Å². The van der Waals surface area contributed by atoms with Gasteiger partial charge >= 0.3 is 0 Å². The number of carbonyl (C=O) groups is 2. The van der Waals surface area contributed by atoms with E-state index in [9.17, 15) is 9.59 Å². The van der Waals surface area contributed by atoms with Gasteiger partial charge in [0.1, 0.15) is 12.4 Å². The van der Waals surface area contributed by atoms with Crippen molar-refractivity contribution in [3.05, 3.63) is 95.3 Å². The van der Waals surface area contributed by atoms with Gasteiger partial charge in [0, 0.05) is 47.7 Å². The second-order valence-corrected chi connectivity index (χ2v) is 8.78. The molecule has 0 unspecified atom stereocenters. The number of aromatic nitrogens is 1. The molecule has 0 radical (unpaired) electrons. The van der Waals surface area contributed by atoms with Crippen LogP contribution in [0.3, 0.4) is 0 Å². The van der Waals surface area contributed by atoms with E-state index in [-0.39, 0.29) is 17.9 Å². The monoisotopic (exact) mass is 441 g/mol. The van der Waals surface area contributed by atoms with Gasteiger partial charge < -0.3 is 15.0 Å². The minimum atomic E-state index is -0.0231. The normalized spacial score (nSPS) is 15.0. The molecule has 2 amide bonds. The number of benzene rings is 2. The second-order valence-electron chi connectivity index (χ2n) is 8.78. The lowest BCUT2D eigenvalue weighted by Crippen LogP contribution is -2.32. The van der Waals surface area contributed by atoms with Crippen molar-refractivity contribution in [1.82, 2.24) is 15.2 Å². The highest BCUT2D eigenvalue weighted by molar-refractivity contribution is 5.95. The first-order chi connectivity index (χ1) is 16.2. The van der Waals surface area contributed by atoms with Crippen molar-refractivity contribution in [3.63, 3.8) is 0 Å². The molecule has 6 heteroatoms. The average Bonchev–Trinajstić information content (AvgIpc) is 3.78. The van der Waals surface area contributed by atoms with Crippen LogP contribution in [0.5, 0.6) is 5.75 Å². The van der Waals surface area contributed by atoms with E-state index in [2.05, 4.69) is 10.3 Å². The van der Waals surface area contributed by atoms with E-state index in [0.717, 1.165) is 36.8 Å². The van der Waals surface area contributed by atoms with Crippen LogP contribution in [-0.2, 0) is 13.2 Å². The Morgan fingerprint density at radius 1 is 0.909 bits per heavy atom. The Morgan fingerprint density at radius 2 is 1.64 bits per heavy atom. The molecule has 33 heavy (non-hydrogen) atoms. The second kappa shape index (κ2) is 9.45. The number of nitrogens with one attached hydrogen (secondary N) is 1. The molecule has 2 aliphatic rings. The van der Waals surface area contributed by atoms with Gasteiger partial charge in [0.25, 0.3) is 11.8 Å². The molecular weight excluding hydrogens is 414 g/mol. The molecule has 1 aromatic heterocycles. The Morgan fingerprint density at radius 3 is 2.27 bits per heavy atom. The van der Waals surface area contributed by atoms with E-state index in [4.69, 9.17) is 4.74 Å². The number of rotatable bonds is 9. The van der Waals surface area contributed by atoms with Crippen LogP contribution in [0.2, 0.25) is 0 Å². The van der Waals surface area contributed by atoms with Crippen molar-refractivity contribution in [2.45, 2.75) is 50.9 Å². The summed E-state index contributed by atoms with van der Waals surface area (Å²) in [7, 11) is 0. The van der Waals surface area contributed by atoms with Gasteiger partial charge in [-0.15, -0.1) is 0 Å². The zero-order valence-electron chi connectivity index (χ0n) is 18.4. The number of hydrogen-bond acceptors (Lipinski definition) is 4. The van der Waals surface area contributed by atoms with Gasteiger partial charge in [0.05, 0.1) is 0 Å². The lowest BCUT2D eigenvalue weighted by atomic mass is 10.1. The SMILES string of the molecule is O=C(NC1CC1)c1ccc(CN(C(=O)c2ccc(OCc3cccnc3)cc2)C2CC2)cc1. The number of carbonyl (C=O) groups excluding carboxylic acids is 2. The fraction of sp³-hybridized carbons (Fsp3) is 0.296. The van der Waals surface area contributed by atoms with Crippen molar-refractivity contribution >= 4 is 11.8 Å². The predicted molar refractivity (Wildman–Crippen MR) is 125 cm³/mol. The van der Waals surface area contributed by atoms with Crippen molar-refractivity contribution < 1.29 is 14.3 Å². The molecule has 0 spiro atoms. The maximum atomic E-state index is 13.2. The largest absolute Gasteiger partial charge is 0.489 e. The van der Waals surface area contributed by atoms with Gasteiger partial charge in [0.15, 0.2) is 0 Å². The molecule has 5 rings (SSSR count). The van der Waals surface area contributed by atoms with E-state index in [1.54, 1.807) is 12.4 Å². The van der Waals surface area contributed by atoms with Gasteiger partial charge in [-0.05, 0) is 73.7 Å². The third-order valence-corrected chi connectivity index (χ3v) is 5.96. The molecule has 0 atom stereocenters. The van der Waals surface area contributed by atoms with Crippen LogP contribution >= 0.6 is 0 Å². The Kier molecular flexibility index (Phi) is 6.07. The predicted octanol–water partition coefficient (Wildman–Crippen LogP) is 4.36. The molecule has 0 bridgehead atoms. The Hall–Kier alpha value is -3.67. The number of pyridine rings is 1. The lowest BCUT2D eigenvalue weighted by molar-refractivity contribution is 0.0729. The summed E-state index contributed by atoms with van der Waals surface area (Å²) >= 11 is 0. The topological polar surface area (TPSA) is 71.5 Å². The molecule has 2 saturated carbocycles. The summed E-state index contributed by atoms with van der Waals surface area (Å²) in [5.74, 6) is 0.713. The molecule has 0 aliphatic heterocycles. The van der Waals surface area contributed by atoms with Crippen LogP contribution < -0.4 is 10.1 Å². The van der Waals surface area contributed by atoms with Gasteiger partial charge in [-0.2, -0.15) is 0 Å². The van der Waals surface area contributed by atoms with E-state index in [1.807, 2.05) is 65.6 Å². The molecule has 3 aromatic rings. The van der Waals surface area contributed by atoms with E-state index >= 15 is 0 Å². The minimum absolute atomic E-state index is 0.0202. The van der Waals surface area contributed by atoms with Crippen LogP contribution in [0, 0.1) is 0 Å². The van der Waals surface area contributed by atoms with Crippen molar-refractivity contribution in [1.29, 1.82) is 0 Å². The van der Waals surface area contributed by atoms with Crippen molar-refractivity contribution in [2.75, 3.05) is 0 Å². The lowest BCUT2D eigenvalue weighted by Gasteiger charge is -2.23. The maximum Gasteiger partial charge on any atom is 0.254 e. The molecule has 2 aliphatic carbocycles. The van der Waals surface area contributed by atoms with E-state index in [0.29, 0.717) is 36.1 Å². The van der Waals surface area contributed by atoms with Gasteiger partial charge in [0.2, 0.25) is 0 Å². The molecule has 168 valence electrons. The fourth-order valence-electron chi connectivity index (χ4n) is 3.72. The number of hydrogen-bond donors (Lipinski definition) is 1. The zero-order chi connectivity index (χ0) is 22.6. The Bertz CT molecular complexity index is 1110. The molecule has 2 aromatic carbocycles. The summed E-state index contributed by atoms with van der Waals surface area (Å²) < 4.78 is 5.80. The molecule has 1 heterocycles. The third kappa shape index (κ3) is 5.58. The average molecular weight is 442 g/mol. The molecule has 2 fully saturated rings. The van der Waals surface area contributed by atoms with Crippen molar-refractivity contribution in [2.24, 2.45) is 0 Å². The summed E-state index contributed by atoms with van der Waals surface area (Å²) in [6.45, 7) is 0.970. The van der Waals surface area contributed by atoms with Crippen LogP contribution in [0.1, 0.15) is 57.5 Å². The molecular formula is C27H27N3O3.